The summed E-state index contributed by atoms with van der Waals surface area (Å²) in [6.07, 6.45) is -2.22. The molecular weight excluding hydrogens is 321 g/mol. The van der Waals surface area contributed by atoms with Gasteiger partial charge in [0.05, 0.1) is 11.6 Å². The lowest BCUT2D eigenvalue weighted by atomic mass is 9.78. The van der Waals surface area contributed by atoms with Crippen molar-refractivity contribution in [1.82, 2.24) is 0 Å². The Labute approximate surface area is 137 Å². The number of hydrogen-bond donors (Lipinski definition) is 0. The van der Waals surface area contributed by atoms with Crippen LogP contribution in [0.4, 0.5) is 18.9 Å². The Balaban J connectivity index is 2.22. The van der Waals surface area contributed by atoms with Gasteiger partial charge in [0.15, 0.2) is 11.7 Å². The monoisotopic (exact) mass is 338 g/mol. The number of Topliss-reactive ketones (excluding diaryl/α,β-unsaturated/α-hetero) is 1. The van der Waals surface area contributed by atoms with Crippen LogP contribution in [0, 0.1) is 30.1 Å². The number of ketones is 1. The second kappa shape index (κ2) is 6.63. The first-order valence-electron chi connectivity index (χ1n) is 7.55. The van der Waals surface area contributed by atoms with Crippen LogP contribution in [0.1, 0.15) is 30.4 Å². The van der Waals surface area contributed by atoms with Crippen LogP contribution in [-0.2, 0) is 15.8 Å². The fourth-order valence-corrected chi connectivity index (χ4v) is 2.66. The summed E-state index contributed by atoms with van der Waals surface area (Å²) < 4.78 is 38.4. The van der Waals surface area contributed by atoms with Crippen molar-refractivity contribution in [3.63, 3.8) is 0 Å². The number of halogens is 3. The fourth-order valence-electron chi connectivity index (χ4n) is 2.66. The van der Waals surface area contributed by atoms with E-state index < -0.39 is 29.3 Å². The molecule has 0 aromatic heterocycles. The predicted octanol–water partition coefficient (Wildman–Crippen LogP) is 3.49. The molecule has 0 spiro atoms. The maximum absolute atomic E-state index is 12.8. The van der Waals surface area contributed by atoms with Gasteiger partial charge in [-0.2, -0.15) is 18.4 Å². The lowest BCUT2D eigenvalue weighted by Crippen LogP contribution is -2.40. The molecule has 1 aromatic rings. The van der Waals surface area contributed by atoms with Crippen molar-refractivity contribution in [3.05, 3.63) is 29.3 Å². The third-order valence-electron chi connectivity index (χ3n) is 4.40. The average Bonchev–Trinajstić information content (AvgIpc) is 2.43. The maximum Gasteiger partial charge on any atom is 0.416 e. The third kappa shape index (κ3) is 3.42. The molecule has 1 aliphatic rings. The van der Waals surface area contributed by atoms with Crippen molar-refractivity contribution >= 4 is 17.4 Å². The van der Waals surface area contributed by atoms with E-state index in [1.54, 1.807) is 6.07 Å². The number of hydrogen-bond acceptors (Lipinski definition) is 3. The Bertz CT molecular complexity index is 703. The quantitative estimate of drug-likeness (QED) is 0.790. The molecule has 0 heterocycles. The topological polar surface area (TPSA) is 61.2 Å². The first-order chi connectivity index (χ1) is 11.2. The minimum atomic E-state index is -4.47. The molecule has 1 aliphatic carbocycles. The standard InChI is InChI=1S/C17H17F3N2O2/c1-10-8-12(6-7-14(10)17(18,19)20)22(2)16(24)13(9-21)15(23)11-4-3-5-11/h6-8,11,13H,3-5H2,1-2H3. The van der Waals surface area contributed by atoms with Crippen LogP contribution < -0.4 is 4.90 Å². The van der Waals surface area contributed by atoms with Gasteiger partial charge in [-0.25, -0.2) is 0 Å². The minimum absolute atomic E-state index is 0.0292. The number of nitrogens with zero attached hydrogens (tertiary/aromatic N) is 2. The number of rotatable bonds is 4. The molecule has 0 bridgehead atoms. The number of anilines is 1. The molecule has 1 fully saturated rings. The Kier molecular flexibility index (Phi) is 4.97. The summed E-state index contributed by atoms with van der Waals surface area (Å²) in [5, 5.41) is 9.17. The van der Waals surface area contributed by atoms with Crippen LogP contribution in [0.2, 0.25) is 0 Å². The van der Waals surface area contributed by atoms with E-state index in [1.165, 1.54) is 20.0 Å². The van der Waals surface area contributed by atoms with Crippen molar-refractivity contribution in [1.29, 1.82) is 5.26 Å². The number of alkyl halides is 3. The van der Waals surface area contributed by atoms with Crippen molar-refractivity contribution in [2.75, 3.05) is 11.9 Å². The van der Waals surface area contributed by atoms with Crippen molar-refractivity contribution in [2.24, 2.45) is 11.8 Å². The summed E-state index contributed by atoms with van der Waals surface area (Å²) >= 11 is 0. The molecule has 2 rings (SSSR count). The van der Waals surface area contributed by atoms with Crippen LogP contribution in [-0.4, -0.2) is 18.7 Å². The summed E-state index contributed by atoms with van der Waals surface area (Å²) in [5.74, 6) is -2.79. The lowest BCUT2D eigenvalue weighted by molar-refractivity contribution is -0.138. The average molecular weight is 338 g/mol. The predicted molar refractivity (Wildman–Crippen MR) is 81.0 cm³/mol. The van der Waals surface area contributed by atoms with Gasteiger partial charge in [0, 0.05) is 18.7 Å². The van der Waals surface area contributed by atoms with E-state index >= 15 is 0 Å². The van der Waals surface area contributed by atoms with E-state index in [2.05, 4.69) is 0 Å². The summed E-state index contributed by atoms with van der Waals surface area (Å²) in [4.78, 5) is 25.6. The Morgan fingerprint density at radius 1 is 1.33 bits per heavy atom. The first kappa shape index (κ1) is 18.0. The van der Waals surface area contributed by atoms with Gasteiger partial charge >= 0.3 is 6.18 Å². The fraction of sp³-hybridized carbons (Fsp3) is 0.471. The van der Waals surface area contributed by atoms with Gasteiger partial charge in [0.1, 0.15) is 0 Å². The number of carbonyl (C=O) groups is 2. The van der Waals surface area contributed by atoms with Gasteiger partial charge < -0.3 is 4.90 Å². The number of benzene rings is 1. The van der Waals surface area contributed by atoms with E-state index in [4.69, 9.17) is 5.26 Å². The molecule has 0 aliphatic heterocycles. The molecule has 24 heavy (non-hydrogen) atoms. The van der Waals surface area contributed by atoms with E-state index in [-0.39, 0.29) is 17.2 Å². The minimum Gasteiger partial charge on any atom is -0.314 e. The largest absolute Gasteiger partial charge is 0.416 e. The van der Waals surface area contributed by atoms with Crippen molar-refractivity contribution in [2.45, 2.75) is 32.4 Å². The van der Waals surface area contributed by atoms with Gasteiger partial charge in [-0.3, -0.25) is 9.59 Å². The molecule has 1 unspecified atom stereocenters. The molecule has 7 heteroatoms. The molecule has 0 saturated heterocycles. The molecular formula is C17H17F3N2O2. The second-order valence-electron chi connectivity index (χ2n) is 5.99. The zero-order valence-corrected chi connectivity index (χ0v) is 13.4. The molecule has 0 N–H and O–H groups in total. The highest BCUT2D eigenvalue weighted by Crippen LogP contribution is 2.34. The zero-order chi connectivity index (χ0) is 18.1. The number of amides is 1. The van der Waals surface area contributed by atoms with Crippen LogP contribution in [0.25, 0.3) is 0 Å². The normalized spacial score (nSPS) is 16.0. The SMILES string of the molecule is Cc1cc(N(C)C(=O)C(C#N)C(=O)C2CCC2)ccc1C(F)(F)F. The summed E-state index contributed by atoms with van der Waals surface area (Å²) in [6.45, 7) is 1.30. The van der Waals surface area contributed by atoms with Crippen LogP contribution in [0.3, 0.4) is 0 Å². The molecule has 0 radical (unpaired) electrons. The van der Waals surface area contributed by atoms with E-state index in [1.807, 2.05) is 0 Å². The van der Waals surface area contributed by atoms with Gasteiger partial charge in [0.25, 0.3) is 5.91 Å². The van der Waals surface area contributed by atoms with E-state index in [0.29, 0.717) is 12.8 Å². The molecule has 1 atom stereocenters. The van der Waals surface area contributed by atoms with Crippen LogP contribution >= 0.6 is 0 Å². The van der Waals surface area contributed by atoms with Gasteiger partial charge in [-0.05, 0) is 43.5 Å². The third-order valence-corrected chi connectivity index (χ3v) is 4.40. The smallest absolute Gasteiger partial charge is 0.314 e. The van der Waals surface area contributed by atoms with E-state index in [9.17, 15) is 22.8 Å². The van der Waals surface area contributed by atoms with Crippen LogP contribution in [0.5, 0.6) is 0 Å². The highest BCUT2D eigenvalue weighted by molar-refractivity contribution is 6.11. The molecule has 4 nitrogen and oxygen atoms in total. The second-order valence-corrected chi connectivity index (χ2v) is 5.99. The Morgan fingerprint density at radius 3 is 2.38 bits per heavy atom. The zero-order valence-electron chi connectivity index (χ0n) is 13.4. The first-order valence-corrected chi connectivity index (χ1v) is 7.55. The molecule has 128 valence electrons. The Morgan fingerprint density at radius 2 is 1.96 bits per heavy atom. The molecule has 1 amide bonds. The van der Waals surface area contributed by atoms with Crippen molar-refractivity contribution in [3.8, 4) is 6.07 Å². The number of carbonyl (C=O) groups excluding carboxylic acids is 2. The highest BCUT2D eigenvalue weighted by atomic mass is 19.4. The van der Waals surface area contributed by atoms with E-state index in [0.717, 1.165) is 23.5 Å². The van der Waals surface area contributed by atoms with Crippen LogP contribution in [0.15, 0.2) is 18.2 Å². The maximum atomic E-state index is 12.8. The van der Waals surface area contributed by atoms with Crippen molar-refractivity contribution < 1.29 is 22.8 Å². The Hall–Kier alpha value is -2.36. The molecule has 1 saturated carbocycles. The summed E-state index contributed by atoms with van der Waals surface area (Å²) in [6, 6.07) is 5.01. The number of nitriles is 1. The molecule has 1 aromatic carbocycles. The van der Waals surface area contributed by atoms with Gasteiger partial charge in [-0.15, -0.1) is 0 Å². The summed E-state index contributed by atoms with van der Waals surface area (Å²) in [7, 11) is 1.35. The van der Waals surface area contributed by atoms with Gasteiger partial charge in [-0.1, -0.05) is 6.42 Å². The highest BCUT2D eigenvalue weighted by Gasteiger charge is 2.37. The number of aryl methyl sites for hydroxylation is 1. The lowest BCUT2D eigenvalue weighted by Gasteiger charge is -2.27. The van der Waals surface area contributed by atoms with Gasteiger partial charge in [0.2, 0.25) is 0 Å². The summed E-state index contributed by atoms with van der Waals surface area (Å²) in [5.41, 5.74) is -0.597.